The Morgan fingerprint density at radius 3 is 2.58 bits per heavy atom. The highest BCUT2D eigenvalue weighted by Gasteiger charge is 2.28. The lowest BCUT2D eigenvalue weighted by atomic mass is 10.0. The maximum atomic E-state index is 12.1. The highest BCUT2D eigenvalue weighted by Crippen LogP contribution is 2.17. The number of nitrogens with zero attached hydrogens (tertiary/aromatic N) is 1. The number of amides is 1. The van der Waals surface area contributed by atoms with Crippen LogP contribution in [0.15, 0.2) is 30.3 Å². The molecule has 0 saturated carbocycles. The summed E-state index contributed by atoms with van der Waals surface area (Å²) in [5.74, 6) is 0.0889. The van der Waals surface area contributed by atoms with Gasteiger partial charge in [0, 0.05) is 13.0 Å². The second-order valence-electron chi connectivity index (χ2n) is 6.51. The van der Waals surface area contributed by atoms with Crippen LogP contribution in [-0.4, -0.2) is 45.7 Å². The molecule has 4 nitrogen and oxygen atoms in total. The van der Waals surface area contributed by atoms with Crippen molar-refractivity contribution in [3.05, 3.63) is 35.9 Å². The monoisotopic (exact) mass is 349 g/mol. The molecule has 1 saturated heterocycles. The fraction of sp³-hybridized carbons (Fsp3) is 0.579. The summed E-state index contributed by atoms with van der Waals surface area (Å²) in [5, 5.41) is -0.0781. The highest BCUT2D eigenvalue weighted by atomic mass is 32.2. The van der Waals surface area contributed by atoms with E-state index in [9.17, 15) is 14.1 Å². The lowest BCUT2D eigenvalue weighted by Gasteiger charge is -2.30. The number of carbonyl (C=O) groups is 2. The van der Waals surface area contributed by atoms with Crippen molar-refractivity contribution in [3.63, 3.8) is 0 Å². The van der Waals surface area contributed by atoms with Gasteiger partial charge < -0.3 is 9.45 Å². The first-order valence-electron chi connectivity index (χ1n) is 8.72. The van der Waals surface area contributed by atoms with E-state index < -0.39 is 11.2 Å². The van der Waals surface area contributed by atoms with Gasteiger partial charge in [-0.3, -0.25) is 9.59 Å². The molecule has 0 radical (unpaired) electrons. The molecule has 0 spiro atoms. The van der Waals surface area contributed by atoms with Gasteiger partial charge in [-0.25, -0.2) is 0 Å². The van der Waals surface area contributed by atoms with Gasteiger partial charge in [0.25, 0.3) is 0 Å². The van der Waals surface area contributed by atoms with Crippen LogP contribution in [0.3, 0.4) is 0 Å². The Labute approximate surface area is 147 Å². The van der Waals surface area contributed by atoms with Crippen LogP contribution >= 0.6 is 0 Å². The molecule has 1 fully saturated rings. The molecule has 1 aliphatic rings. The first kappa shape index (κ1) is 19.0. The standard InChI is InChI=1S/C19H27NO3S/c1-24(23)18(14-17(21)15-20-13-12-19(20)22)11-7-3-6-10-16-8-4-2-5-9-16/h2,4-5,8-9,18H,3,6-7,10-15H2,1H3. The number of ketones is 1. The van der Waals surface area contributed by atoms with E-state index in [0.717, 1.165) is 32.1 Å². The molecule has 2 unspecified atom stereocenters. The van der Waals surface area contributed by atoms with Gasteiger partial charge in [0.05, 0.1) is 19.2 Å². The molecule has 2 rings (SSSR count). The number of unbranched alkanes of at least 4 members (excludes halogenated alkanes) is 2. The van der Waals surface area contributed by atoms with Gasteiger partial charge in [0.2, 0.25) is 5.91 Å². The van der Waals surface area contributed by atoms with Gasteiger partial charge in [0.15, 0.2) is 5.78 Å². The number of aryl methyl sites for hydroxylation is 1. The van der Waals surface area contributed by atoms with Crippen molar-refractivity contribution >= 4 is 22.9 Å². The summed E-state index contributed by atoms with van der Waals surface area (Å²) in [5.41, 5.74) is 1.35. The molecule has 0 N–H and O–H groups in total. The molecule has 1 aromatic carbocycles. The number of β-lactam (4-membered cyclic amide) rings is 1. The Balaban J connectivity index is 1.63. The van der Waals surface area contributed by atoms with Crippen LogP contribution in [0, 0.1) is 0 Å². The molecule has 0 aliphatic carbocycles. The Bertz CT molecular complexity index is 533. The third-order valence-electron chi connectivity index (χ3n) is 4.57. The number of hydrogen-bond acceptors (Lipinski definition) is 3. The summed E-state index contributed by atoms with van der Waals surface area (Å²) in [6.07, 6.45) is 7.63. The molecule has 2 atom stereocenters. The van der Waals surface area contributed by atoms with E-state index in [-0.39, 0.29) is 23.5 Å². The number of likely N-dealkylation sites (tertiary alicyclic amines) is 1. The van der Waals surface area contributed by atoms with Crippen molar-refractivity contribution in [2.24, 2.45) is 0 Å². The van der Waals surface area contributed by atoms with Crippen molar-refractivity contribution in [2.75, 3.05) is 19.3 Å². The topological polar surface area (TPSA) is 60.4 Å². The zero-order valence-electron chi connectivity index (χ0n) is 14.4. The Morgan fingerprint density at radius 2 is 2.00 bits per heavy atom. The van der Waals surface area contributed by atoms with E-state index in [4.69, 9.17) is 0 Å². The van der Waals surface area contributed by atoms with Gasteiger partial charge in [-0.05, 0) is 31.2 Å². The minimum absolute atomic E-state index is 0.0348. The minimum atomic E-state index is -0.997. The maximum Gasteiger partial charge on any atom is 0.224 e. The van der Waals surface area contributed by atoms with Crippen LogP contribution in [0.2, 0.25) is 0 Å². The summed E-state index contributed by atoms with van der Waals surface area (Å²) in [6, 6.07) is 10.4. The SMILES string of the molecule is C[S+]([O-])C(CCCCCc1ccccc1)CC(=O)CN1CCC1=O. The van der Waals surface area contributed by atoms with E-state index in [0.29, 0.717) is 19.4 Å². The van der Waals surface area contributed by atoms with Crippen molar-refractivity contribution in [2.45, 2.75) is 50.2 Å². The lowest BCUT2D eigenvalue weighted by molar-refractivity contribution is -0.143. The minimum Gasteiger partial charge on any atom is -0.616 e. The molecule has 1 amide bonds. The molecule has 5 heteroatoms. The number of hydrogen-bond donors (Lipinski definition) is 0. The third kappa shape index (κ3) is 6.29. The first-order valence-corrected chi connectivity index (χ1v) is 10.3. The van der Waals surface area contributed by atoms with Gasteiger partial charge in [-0.1, -0.05) is 47.9 Å². The second kappa shape index (κ2) is 9.84. The summed E-state index contributed by atoms with van der Waals surface area (Å²) >= 11 is -0.997. The summed E-state index contributed by atoms with van der Waals surface area (Å²) < 4.78 is 11.9. The number of rotatable bonds is 11. The smallest absolute Gasteiger partial charge is 0.224 e. The van der Waals surface area contributed by atoms with E-state index in [2.05, 4.69) is 24.3 Å². The number of benzene rings is 1. The fourth-order valence-corrected chi connectivity index (χ4v) is 3.89. The number of carbonyl (C=O) groups excluding carboxylic acids is 2. The molecular weight excluding hydrogens is 322 g/mol. The van der Waals surface area contributed by atoms with Crippen LogP contribution in [0.5, 0.6) is 0 Å². The molecule has 1 aliphatic heterocycles. The molecule has 1 heterocycles. The quantitative estimate of drug-likeness (QED) is 0.351. The Morgan fingerprint density at radius 1 is 1.25 bits per heavy atom. The van der Waals surface area contributed by atoms with Gasteiger partial charge in [-0.15, -0.1) is 0 Å². The zero-order valence-corrected chi connectivity index (χ0v) is 15.2. The average Bonchev–Trinajstić information content (AvgIpc) is 2.57. The summed E-state index contributed by atoms with van der Waals surface area (Å²) in [6.45, 7) is 0.879. The van der Waals surface area contributed by atoms with Gasteiger partial charge in [0.1, 0.15) is 5.25 Å². The second-order valence-corrected chi connectivity index (χ2v) is 8.18. The molecule has 132 valence electrons. The fourth-order valence-electron chi connectivity index (χ4n) is 2.97. The van der Waals surface area contributed by atoms with Crippen molar-refractivity contribution in [1.82, 2.24) is 4.90 Å². The van der Waals surface area contributed by atoms with Crippen molar-refractivity contribution < 1.29 is 14.1 Å². The van der Waals surface area contributed by atoms with Crippen LogP contribution in [0.1, 0.15) is 44.1 Å². The maximum absolute atomic E-state index is 12.1. The predicted octanol–water partition coefficient (Wildman–Crippen LogP) is 2.73. The highest BCUT2D eigenvalue weighted by molar-refractivity contribution is 7.91. The first-order chi connectivity index (χ1) is 11.6. The molecule has 24 heavy (non-hydrogen) atoms. The summed E-state index contributed by atoms with van der Waals surface area (Å²) in [4.78, 5) is 24.9. The predicted molar refractivity (Wildman–Crippen MR) is 97.3 cm³/mol. The van der Waals surface area contributed by atoms with E-state index >= 15 is 0 Å². The van der Waals surface area contributed by atoms with Gasteiger partial charge in [-0.2, -0.15) is 0 Å². The average molecular weight is 349 g/mol. The van der Waals surface area contributed by atoms with Crippen LogP contribution < -0.4 is 0 Å². The van der Waals surface area contributed by atoms with Crippen molar-refractivity contribution in [3.8, 4) is 0 Å². The van der Waals surface area contributed by atoms with E-state index in [1.807, 2.05) is 6.07 Å². The zero-order chi connectivity index (χ0) is 17.4. The lowest BCUT2D eigenvalue weighted by Crippen LogP contribution is -2.46. The normalized spacial score (nSPS) is 16.6. The Kier molecular flexibility index (Phi) is 7.79. The molecule has 0 bridgehead atoms. The van der Waals surface area contributed by atoms with E-state index in [1.165, 1.54) is 5.56 Å². The Hall–Kier alpha value is -1.33. The third-order valence-corrected chi connectivity index (χ3v) is 5.92. The van der Waals surface area contributed by atoms with Gasteiger partial charge >= 0.3 is 0 Å². The van der Waals surface area contributed by atoms with Crippen LogP contribution in [0.4, 0.5) is 0 Å². The summed E-state index contributed by atoms with van der Waals surface area (Å²) in [7, 11) is 0. The largest absolute Gasteiger partial charge is 0.616 e. The van der Waals surface area contributed by atoms with Crippen LogP contribution in [-0.2, 0) is 27.2 Å². The molecule has 1 aromatic rings. The molecular formula is C19H27NO3S. The van der Waals surface area contributed by atoms with Crippen molar-refractivity contribution in [1.29, 1.82) is 0 Å². The van der Waals surface area contributed by atoms with E-state index in [1.54, 1.807) is 11.2 Å². The molecule has 0 aromatic heterocycles. The van der Waals surface area contributed by atoms with Crippen LogP contribution in [0.25, 0.3) is 0 Å². The number of Topliss-reactive ketones (excluding diaryl/α,β-unsaturated/α-hetero) is 1.